The fourth-order valence-corrected chi connectivity index (χ4v) is 3.99. The average molecular weight is 303 g/mol. The van der Waals surface area contributed by atoms with Gasteiger partial charge in [-0.15, -0.1) is 0 Å². The number of hydrogen-bond donors (Lipinski definition) is 0. The Balaban J connectivity index is 1.51. The Morgan fingerprint density at radius 1 is 1.05 bits per heavy atom. The summed E-state index contributed by atoms with van der Waals surface area (Å²) >= 11 is 0. The zero-order valence-electron chi connectivity index (χ0n) is 14.1. The molecule has 0 unspecified atom stereocenters. The van der Waals surface area contributed by atoms with Crippen LogP contribution >= 0.6 is 0 Å². The molecule has 2 fully saturated rings. The summed E-state index contributed by atoms with van der Waals surface area (Å²) < 4.78 is 1.82. The number of aryl methyl sites for hydroxylation is 1. The lowest BCUT2D eigenvalue weighted by molar-refractivity contribution is 0.152. The van der Waals surface area contributed by atoms with Crippen LogP contribution in [-0.4, -0.2) is 34.1 Å². The van der Waals surface area contributed by atoms with Crippen LogP contribution in [0.5, 0.6) is 0 Å². The van der Waals surface area contributed by atoms with Gasteiger partial charge in [0.15, 0.2) is 0 Å². The molecular weight excluding hydrogens is 274 g/mol. The summed E-state index contributed by atoms with van der Waals surface area (Å²) in [5.74, 6) is 1.57. The van der Waals surface area contributed by atoms with Crippen molar-refractivity contribution in [2.24, 2.45) is 11.8 Å². The van der Waals surface area contributed by atoms with Gasteiger partial charge in [-0.2, -0.15) is 0 Å². The summed E-state index contributed by atoms with van der Waals surface area (Å²) in [5, 5.41) is 0. The van der Waals surface area contributed by atoms with Gasteiger partial charge in [0.05, 0.1) is 6.33 Å². The summed E-state index contributed by atoms with van der Waals surface area (Å²) in [6.07, 6.45) is 9.90. The minimum absolute atomic E-state index is 0.140. The van der Waals surface area contributed by atoms with E-state index in [1.165, 1.54) is 58.2 Å². The highest BCUT2D eigenvalue weighted by Crippen LogP contribution is 2.27. The molecule has 0 bridgehead atoms. The maximum Gasteiger partial charge on any atom is 0.256 e. The van der Waals surface area contributed by atoms with Crippen molar-refractivity contribution >= 4 is 0 Å². The summed E-state index contributed by atoms with van der Waals surface area (Å²) in [6.45, 7) is 8.33. The van der Waals surface area contributed by atoms with E-state index in [-0.39, 0.29) is 5.56 Å². The summed E-state index contributed by atoms with van der Waals surface area (Å²) in [4.78, 5) is 19.3. The van der Waals surface area contributed by atoms with Crippen molar-refractivity contribution in [3.05, 3.63) is 27.9 Å². The summed E-state index contributed by atoms with van der Waals surface area (Å²) in [6, 6.07) is 0. The van der Waals surface area contributed by atoms with Crippen LogP contribution in [0.1, 0.15) is 49.8 Å². The molecule has 0 aromatic carbocycles. The van der Waals surface area contributed by atoms with Gasteiger partial charge in [-0.1, -0.05) is 12.8 Å². The largest absolute Gasteiger partial charge is 0.303 e. The predicted molar refractivity (Wildman–Crippen MR) is 89.1 cm³/mol. The standard InChI is InChI=1S/C18H29N3O/c1-14-15(2)19-13-21(18(14)22)12-17-7-9-20(10-8-17)11-16-5-3-4-6-16/h13,16-17H,3-12H2,1-2H3. The molecule has 1 aromatic heterocycles. The average Bonchev–Trinajstić information content (AvgIpc) is 3.03. The van der Waals surface area contributed by atoms with E-state index in [4.69, 9.17) is 0 Å². The van der Waals surface area contributed by atoms with E-state index >= 15 is 0 Å². The van der Waals surface area contributed by atoms with Gasteiger partial charge in [0.25, 0.3) is 5.56 Å². The molecule has 22 heavy (non-hydrogen) atoms. The molecule has 4 nitrogen and oxygen atoms in total. The van der Waals surface area contributed by atoms with Crippen molar-refractivity contribution in [1.29, 1.82) is 0 Å². The highest BCUT2D eigenvalue weighted by atomic mass is 16.1. The second-order valence-corrected chi connectivity index (χ2v) is 7.31. The highest BCUT2D eigenvalue weighted by molar-refractivity contribution is 5.12. The van der Waals surface area contributed by atoms with Crippen molar-refractivity contribution in [2.45, 2.75) is 58.9 Å². The van der Waals surface area contributed by atoms with Crippen LogP contribution in [0.15, 0.2) is 11.1 Å². The maximum absolute atomic E-state index is 12.3. The summed E-state index contributed by atoms with van der Waals surface area (Å²) in [5.41, 5.74) is 1.79. The first-order valence-electron chi connectivity index (χ1n) is 8.88. The Morgan fingerprint density at radius 3 is 2.36 bits per heavy atom. The lowest BCUT2D eigenvalue weighted by Gasteiger charge is -2.33. The topological polar surface area (TPSA) is 38.1 Å². The molecule has 2 aliphatic rings. The Labute approximate surface area is 133 Å². The molecule has 0 amide bonds. The third-order valence-corrected chi connectivity index (χ3v) is 5.67. The molecule has 1 saturated heterocycles. The zero-order chi connectivity index (χ0) is 15.5. The van der Waals surface area contributed by atoms with E-state index < -0.39 is 0 Å². The first kappa shape index (κ1) is 15.7. The molecule has 4 heteroatoms. The smallest absolute Gasteiger partial charge is 0.256 e. The van der Waals surface area contributed by atoms with Crippen molar-refractivity contribution in [3.63, 3.8) is 0 Å². The van der Waals surface area contributed by atoms with Gasteiger partial charge in [-0.3, -0.25) is 9.36 Å². The van der Waals surface area contributed by atoms with Gasteiger partial charge in [-0.05, 0) is 64.5 Å². The second-order valence-electron chi connectivity index (χ2n) is 7.31. The van der Waals surface area contributed by atoms with Gasteiger partial charge in [-0.25, -0.2) is 4.98 Å². The van der Waals surface area contributed by atoms with Gasteiger partial charge in [0, 0.05) is 24.3 Å². The van der Waals surface area contributed by atoms with E-state index in [2.05, 4.69) is 9.88 Å². The monoisotopic (exact) mass is 303 g/mol. The fraction of sp³-hybridized carbons (Fsp3) is 0.778. The number of hydrogen-bond acceptors (Lipinski definition) is 3. The van der Waals surface area contributed by atoms with Crippen LogP contribution in [-0.2, 0) is 6.54 Å². The highest BCUT2D eigenvalue weighted by Gasteiger charge is 2.23. The molecule has 1 aliphatic heterocycles. The van der Waals surface area contributed by atoms with E-state index in [0.717, 1.165) is 23.7 Å². The predicted octanol–water partition coefficient (Wildman–Crippen LogP) is 2.76. The van der Waals surface area contributed by atoms with Crippen molar-refractivity contribution in [3.8, 4) is 0 Å². The Kier molecular flexibility index (Phi) is 4.97. The molecule has 0 atom stereocenters. The Bertz CT molecular complexity index is 552. The number of rotatable bonds is 4. The number of piperidine rings is 1. The number of nitrogens with zero attached hydrogens (tertiary/aromatic N) is 3. The lowest BCUT2D eigenvalue weighted by Crippen LogP contribution is -2.38. The quantitative estimate of drug-likeness (QED) is 0.858. The Hall–Kier alpha value is -1.16. The minimum atomic E-state index is 0.140. The molecular formula is C18H29N3O. The molecule has 3 rings (SSSR count). The van der Waals surface area contributed by atoms with Crippen molar-refractivity contribution in [1.82, 2.24) is 14.5 Å². The van der Waals surface area contributed by atoms with Crippen molar-refractivity contribution < 1.29 is 0 Å². The van der Waals surface area contributed by atoms with Crippen LogP contribution in [0.2, 0.25) is 0 Å². The SMILES string of the molecule is Cc1ncn(CC2CCN(CC3CCCC3)CC2)c(=O)c1C. The van der Waals surface area contributed by atoms with Crippen LogP contribution in [0, 0.1) is 25.7 Å². The van der Waals surface area contributed by atoms with Crippen LogP contribution in [0.25, 0.3) is 0 Å². The third kappa shape index (κ3) is 3.60. The fourth-order valence-electron chi connectivity index (χ4n) is 3.99. The van der Waals surface area contributed by atoms with E-state index in [0.29, 0.717) is 5.92 Å². The third-order valence-electron chi connectivity index (χ3n) is 5.67. The van der Waals surface area contributed by atoms with Gasteiger partial charge in [0.1, 0.15) is 0 Å². The normalized spacial score (nSPS) is 21.5. The molecule has 1 aromatic rings. The Morgan fingerprint density at radius 2 is 1.68 bits per heavy atom. The lowest BCUT2D eigenvalue weighted by atomic mass is 9.95. The zero-order valence-corrected chi connectivity index (χ0v) is 14.1. The van der Waals surface area contributed by atoms with E-state index in [1.807, 2.05) is 18.4 Å². The van der Waals surface area contributed by atoms with Crippen LogP contribution in [0.3, 0.4) is 0 Å². The van der Waals surface area contributed by atoms with Gasteiger partial charge >= 0.3 is 0 Å². The van der Waals surface area contributed by atoms with Gasteiger partial charge in [0.2, 0.25) is 0 Å². The van der Waals surface area contributed by atoms with Gasteiger partial charge < -0.3 is 4.90 Å². The van der Waals surface area contributed by atoms with E-state index in [9.17, 15) is 4.79 Å². The first-order chi connectivity index (χ1) is 10.6. The molecule has 122 valence electrons. The summed E-state index contributed by atoms with van der Waals surface area (Å²) in [7, 11) is 0. The maximum atomic E-state index is 12.3. The first-order valence-corrected chi connectivity index (χ1v) is 8.88. The number of aromatic nitrogens is 2. The van der Waals surface area contributed by atoms with Crippen LogP contribution in [0.4, 0.5) is 0 Å². The molecule has 1 saturated carbocycles. The second kappa shape index (κ2) is 6.95. The van der Waals surface area contributed by atoms with Crippen LogP contribution < -0.4 is 5.56 Å². The number of likely N-dealkylation sites (tertiary alicyclic amines) is 1. The van der Waals surface area contributed by atoms with Crippen molar-refractivity contribution in [2.75, 3.05) is 19.6 Å². The molecule has 0 N–H and O–H groups in total. The molecule has 1 aliphatic carbocycles. The molecule has 0 spiro atoms. The minimum Gasteiger partial charge on any atom is -0.303 e. The molecule has 0 radical (unpaired) electrons. The van der Waals surface area contributed by atoms with E-state index in [1.54, 1.807) is 6.33 Å². The molecule has 2 heterocycles.